The summed E-state index contributed by atoms with van der Waals surface area (Å²) in [7, 11) is 0. The first-order chi connectivity index (χ1) is 28.2. The van der Waals surface area contributed by atoms with Gasteiger partial charge in [-0.1, -0.05) is 18.2 Å². The van der Waals surface area contributed by atoms with Crippen LogP contribution in [0.15, 0.2) is 48.7 Å². The van der Waals surface area contributed by atoms with E-state index in [4.69, 9.17) is 0 Å². The van der Waals surface area contributed by atoms with Gasteiger partial charge in [0.1, 0.15) is 17.6 Å². The number of nitrogens with one attached hydrogen (secondary N) is 3. The average Bonchev–Trinajstić information content (AvgIpc) is 3.23. The normalized spacial score (nSPS) is 24.1. The molecule has 0 radical (unpaired) electrons. The molecule has 58 heavy (non-hydrogen) atoms. The minimum atomic E-state index is -0.545. The second-order valence-electron chi connectivity index (χ2n) is 16.9. The molecule has 2 aromatic carbocycles. The third-order valence-electron chi connectivity index (χ3n) is 13.0. The van der Waals surface area contributed by atoms with Gasteiger partial charge in [-0.05, 0) is 125 Å². The molecule has 5 heterocycles. The van der Waals surface area contributed by atoms with E-state index in [9.17, 15) is 19.2 Å². The van der Waals surface area contributed by atoms with Crippen molar-refractivity contribution in [2.45, 2.75) is 101 Å². The minimum absolute atomic E-state index is 0.00115. The number of hydrogen-bond acceptors (Lipinski definition) is 9. The first kappa shape index (κ1) is 39.8. The quantitative estimate of drug-likeness (QED) is 0.204. The number of imide groups is 1. The number of aromatic nitrogens is 2. The van der Waals surface area contributed by atoms with Crippen LogP contribution in [0.25, 0.3) is 11.3 Å². The fourth-order valence-electron chi connectivity index (χ4n) is 9.57. The van der Waals surface area contributed by atoms with Crippen LogP contribution in [0.4, 0.5) is 26.1 Å². The predicted octanol–water partition coefficient (Wildman–Crippen LogP) is 6.24. The first-order valence-electron chi connectivity index (χ1n) is 21.3. The maximum Gasteiger partial charge on any atom is 0.249 e. The number of piperidine rings is 4. The molecular formula is C44H54F2N8O4. The zero-order valence-corrected chi connectivity index (χ0v) is 33.1. The van der Waals surface area contributed by atoms with Crippen molar-refractivity contribution in [3.63, 3.8) is 0 Å². The summed E-state index contributed by atoms with van der Waals surface area (Å²) in [6.07, 6.45) is 11.1. The number of carbonyl (C=O) groups excluding carboxylic acids is 4. The number of amides is 4. The van der Waals surface area contributed by atoms with Crippen molar-refractivity contribution in [3.8, 4) is 11.3 Å². The molecule has 0 spiro atoms. The van der Waals surface area contributed by atoms with Crippen LogP contribution < -0.4 is 20.9 Å². The zero-order valence-electron chi connectivity index (χ0n) is 33.1. The molecule has 5 fully saturated rings. The summed E-state index contributed by atoms with van der Waals surface area (Å²) in [6.45, 7) is 5.04. The molecule has 5 aliphatic rings. The third-order valence-corrected chi connectivity index (χ3v) is 13.0. The second-order valence-corrected chi connectivity index (χ2v) is 16.9. The highest BCUT2D eigenvalue weighted by molar-refractivity contribution is 6.01. The van der Waals surface area contributed by atoms with E-state index < -0.39 is 11.9 Å². The van der Waals surface area contributed by atoms with Crippen LogP contribution in [0, 0.1) is 23.5 Å². The summed E-state index contributed by atoms with van der Waals surface area (Å²) in [5.74, 6) is -0.0557. The lowest BCUT2D eigenvalue weighted by Crippen LogP contribution is -2.47. The van der Waals surface area contributed by atoms with Crippen LogP contribution in [0.1, 0.15) is 95.0 Å². The number of hydrogen-bond donors (Lipinski definition) is 3. The van der Waals surface area contributed by atoms with E-state index in [0.29, 0.717) is 48.1 Å². The molecule has 1 unspecified atom stereocenters. The van der Waals surface area contributed by atoms with E-state index in [2.05, 4.69) is 35.7 Å². The Bertz CT molecular complexity index is 1990. The number of anilines is 3. The van der Waals surface area contributed by atoms with Gasteiger partial charge in [0.2, 0.25) is 29.6 Å². The molecule has 1 saturated carbocycles. The summed E-state index contributed by atoms with van der Waals surface area (Å²) >= 11 is 0. The Morgan fingerprint density at radius 1 is 0.810 bits per heavy atom. The number of halogens is 2. The van der Waals surface area contributed by atoms with Crippen LogP contribution in [0.3, 0.4) is 0 Å². The lowest BCUT2D eigenvalue weighted by atomic mass is 9.84. The van der Waals surface area contributed by atoms with E-state index in [1.54, 1.807) is 11.0 Å². The molecule has 4 amide bonds. The van der Waals surface area contributed by atoms with Gasteiger partial charge in [0.15, 0.2) is 5.82 Å². The predicted molar refractivity (Wildman–Crippen MR) is 217 cm³/mol. The summed E-state index contributed by atoms with van der Waals surface area (Å²) < 4.78 is 30.2. The van der Waals surface area contributed by atoms with Crippen LogP contribution >= 0.6 is 0 Å². The molecule has 1 aromatic heterocycles. The van der Waals surface area contributed by atoms with E-state index in [1.807, 2.05) is 30.3 Å². The van der Waals surface area contributed by atoms with Crippen molar-refractivity contribution >= 4 is 41.0 Å². The molecule has 308 valence electrons. The Hall–Kier alpha value is -4.98. The lowest BCUT2D eigenvalue weighted by Gasteiger charge is -2.39. The van der Waals surface area contributed by atoms with E-state index >= 15 is 8.78 Å². The van der Waals surface area contributed by atoms with Gasteiger partial charge < -0.3 is 25.3 Å². The van der Waals surface area contributed by atoms with E-state index in [0.717, 1.165) is 103 Å². The minimum Gasteiger partial charge on any atom is -0.374 e. The van der Waals surface area contributed by atoms with Gasteiger partial charge in [0.05, 0.1) is 6.20 Å². The third kappa shape index (κ3) is 9.32. The van der Waals surface area contributed by atoms with Gasteiger partial charge in [-0.25, -0.2) is 18.7 Å². The summed E-state index contributed by atoms with van der Waals surface area (Å²) in [5.41, 5.74) is 2.80. The summed E-state index contributed by atoms with van der Waals surface area (Å²) in [5, 5.41) is 8.79. The van der Waals surface area contributed by atoms with Crippen LogP contribution in [0.5, 0.6) is 0 Å². The van der Waals surface area contributed by atoms with E-state index in [-0.39, 0.29) is 59.4 Å². The second kappa shape index (κ2) is 17.9. The molecule has 4 saturated heterocycles. The number of nitrogens with zero attached hydrogens (tertiary/aromatic N) is 5. The van der Waals surface area contributed by atoms with Crippen LogP contribution in [-0.4, -0.2) is 94.7 Å². The zero-order chi connectivity index (χ0) is 40.2. The highest BCUT2D eigenvalue weighted by atomic mass is 19.1. The number of rotatable bonds is 10. The fraction of sp³-hybridized carbons (Fsp3) is 0.545. The molecule has 3 N–H and O–H groups in total. The van der Waals surface area contributed by atoms with Crippen molar-refractivity contribution in [1.82, 2.24) is 25.1 Å². The SMILES string of the molecule is O=C1CCC(Nc2ccc(C3CCN(CC4CCN(C(=O)C5CCC(Nc6ncc(F)c(-c7cccc(N8CCCCC8=O)c7)n6)CC5)CC4)CC3)c(F)c2)C(=O)N1. The maximum absolute atomic E-state index is 15.2. The Morgan fingerprint density at radius 3 is 2.34 bits per heavy atom. The topological polar surface area (TPSA) is 140 Å². The van der Waals surface area contributed by atoms with Crippen molar-refractivity contribution in [2.75, 3.05) is 54.8 Å². The molecule has 12 nitrogen and oxygen atoms in total. The van der Waals surface area contributed by atoms with Gasteiger partial charge in [-0.15, -0.1) is 0 Å². The van der Waals surface area contributed by atoms with Crippen molar-refractivity contribution < 1.29 is 28.0 Å². The van der Waals surface area contributed by atoms with Gasteiger partial charge in [-0.3, -0.25) is 24.5 Å². The molecule has 3 aromatic rings. The van der Waals surface area contributed by atoms with E-state index in [1.165, 1.54) is 12.3 Å². The van der Waals surface area contributed by atoms with Gasteiger partial charge >= 0.3 is 0 Å². The monoisotopic (exact) mass is 796 g/mol. The Balaban J connectivity index is 0.755. The Kier molecular flexibility index (Phi) is 12.3. The Morgan fingerprint density at radius 2 is 1.60 bits per heavy atom. The highest BCUT2D eigenvalue weighted by Gasteiger charge is 2.33. The molecule has 0 bridgehead atoms. The smallest absolute Gasteiger partial charge is 0.249 e. The molecule has 4 aliphatic heterocycles. The summed E-state index contributed by atoms with van der Waals surface area (Å²) in [6, 6.07) is 12.0. The fourth-order valence-corrected chi connectivity index (χ4v) is 9.57. The largest absolute Gasteiger partial charge is 0.374 e. The van der Waals surface area contributed by atoms with Crippen LogP contribution in [0.2, 0.25) is 0 Å². The lowest BCUT2D eigenvalue weighted by molar-refractivity contribution is -0.138. The molecule has 14 heteroatoms. The van der Waals surface area contributed by atoms with Gasteiger partial charge in [-0.2, -0.15) is 0 Å². The number of carbonyl (C=O) groups is 4. The van der Waals surface area contributed by atoms with Crippen molar-refractivity contribution in [3.05, 3.63) is 65.9 Å². The van der Waals surface area contributed by atoms with Crippen molar-refractivity contribution in [1.29, 1.82) is 0 Å². The summed E-state index contributed by atoms with van der Waals surface area (Å²) in [4.78, 5) is 64.7. The number of likely N-dealkylation sites (tertiary alicyclic amines) is 2. The molecule has 1 aliphatic carbocycles. The first-order valence-corrected chi connectivity index (χ1v) is 21.3. The Labute approximate surface area is 338 Å². The van der Waals surface area contributed by atoms with Crippen molar-refractivity contribution in [2.24, 2.45) is 11.8 Å². The maximum atomic E-state index is 15.2. The van der Waals surface area contributed by atoms with Gasteiger partial charge in [0, 0.05) is 67.9 Å². The number of benzene rings is 2. The molecular weight excluding hydrogens is 743 g/mol. The van der Waals surface area contributed by atoms with Crippen LogP contribution in [-0.2, 0) is 19.2 Å². The highest BCUT2D eigenvalue weighted by Crippen LogP contribution is 2.34. The average molecular weight is 797 g/mol. The van der Waals surface area contributed by atoms with Gasteiger partial charge in [0.25, 0.3) is 0 Å². The molecule has 8 rings (SSSR count). The molecule has 1 atom stereocenters. The standard InChI is InChI=1S/C44H54F2N8O4/c45-36-25-33(48-38-13-14-39(55)50-42(38)57)11-12-35(36)29-17-20-52(21-18-29)27-28-15-22-53(23-16-28)43(58)30-7-9-32(10-8-30)49-44-47-26-37(46)41(51-44)31-4-3-5-34(24-31)54-19-2-1-6-40(54)56/h3-5,11-12,24-26,28-30,32,38,48H,1-2,6-10,13-23,27H2,(H,47,49,51)(H,50,55,57).